The highest BCUT2D eigenvalue weighted by molar-refractivity contribution is 6.31. The predicted molar refractivity (Wildman–Crippen MR) is 187 cm³/mol. The van der Waals surface area contributed by atoms with Crippen molar-refractivity contribution in [2.75, 3.05) is 11.9 Å². The third-order valence-electron chi connectivity index (χ3n) is 9.62. The molecule has 2 heterocycles. The van der Waals surface area contributed by atoms with Crippen LogP contribution < -0.4 is 5.32 Å². The van der Waals surface area contributed by atoms with Crippen LogP contribution in [0, 0.1) is 11.2 Å². The van der Waals surface area contributed by atoms with Crippen LogP contribution in [0.25, 0.3) is 0 Å². The van der Waals surface area contributed by atoms with Gasteiger partial charge in [0.25, 0.3) is 0 Å². The molecular formula is C39H39Cl2FN2O4. The number of anilines is 1. The largest absolute Gasteiger partial charge is 0.465 e. The maximum absolute atomic E-state index is 16.5. The van der Waals surface area contributed by atoms with Crippen LogP contribution in [0.5, 0.6) is 0 Å². The summed E-state index contributed by atoms with van der Waals surface area (Å²) in [7, 11) is 0. The van der Waals surface area contributed by atoms with Crippen molar-refractivity contribution in [3.8, 4) is 0 Å². The van der Waals surface area contributed by atoms with E-state index < -0.39 is 58.7 Å². The molecule has 1 spiro atoms. The fourth-order valence-corrected chi connectivity index (χ4v) is 8.25. The lowest BCUT2D eigenvalue weighted by Gasteiger charge is -2.44. The smallest absolute Gasteiger partial charge is 0.324 e. The standard InChI is InChI=1S/C39H39Cl2FN2O4/c1-5-48-36(46)34-31(26-17-12-18-28(41)32(26)42)39(27-20-19-25(40)21-29(27)43-37(39)47)30(22-38(2,3)4)44(34)33(23-13-8-6-9-14-23)35(45)24-15-10-7-11-16-24/h6-21,30-31,33-35,45H,5,22H2,1-4H3,(H,43,47)/t30-,31+,33-,34-,35+,39+/m1/s1. The molecule has 0 unspecified atom stereocenters. The second-order valence-electron chi connectivity index (χ2n) is 13.8. The summed E-state index contributed by atoms with van der Waals surface area (Å²) in [5.74, 6) is -2.85. The summed E-state index contributed by atoms with van der Waals surface area (Å²) < 4.78 is 22.3. The van der Waals surface area contributed by atoms with Crippen LogP contribution in [0.1, 0.15) is 74.4 Å². The summed E-state index contributed by atoms with van der Waals surface area (Å²) in [5, 5.41) is 15.8. The SMILES string of the molecule is CCOC(=O)[C@H]1[C@H](c2cccc(Cl)c2F)[C@@]2(C(=O)Nc3cc(Cl)ccc32)[C@@H](CC(C)(C)C)N1[C@H](c1ccccc1)[C@@H](O)c1ccccc1. The minimum atomic E-state index is -1.53. The van der Waals surface area contributed by atoms with Gasteiger partial charge in [0.15, 0.2) is 0 Å². The number of hydrogen-bond acceptors (Lipinski definition) is 5. The molecule has 0 saturated carbocycles. The molecule has 250 valence electrons. The monoisotopic (exact) mass is 688 g/mol. The fourth-order valence-electron chi connectivity index (χ4n) is 7.90. The molecule has 1 fully saturated rings. The number of likely N-dealkylation sites (tertiary alicyclic amines) is 1. The average molecular weight is 690 g/mol. The van der Waals surface area contributed by atoms with E-state index in [2.05, 4.69) is 26.1 Å². The van der Waals surface area contributed by atoms with Crippen LogP contribution in [0.4, 0.5) is 10.1 Å². The highest BCUT2D eigenvalue weighted by Gasteiger charge is 2.71. The van der Waals surface area contributed by atoms with Gasteiger partial charge < -0.3 is 15.2 Å². The third kappa shape index (κ3) is 5.81. The van der Waals surface area contributed by atoms with Gasteiger partial charge >= 0.3 is 5.97 Å². The van der Waals surface area contributed by atoms with E-state index in [0.29, 0.717) is 28.3 Å². The van der Waals surface area contributed by atoms with Crippen molar-refractivity contribution in [1.29, 1.82) is 0 Å². The van der Waals surface area contributed by atoms with Crippen LogP contribution in [-0.2, 0) is 19.7 Å². The summed E-state index contributed by atoms with van der Waals surface area (Å²) in [6, 6.07) is 25.6. The van der Waals surface area contributed by atoms with Gasteiger partial charge in [0.2, 0.25) is 5.91 Å². The molecule has 6 nitrogen and oxygen atoms in total. The van der Waals surface area contributed by atoms with Crippen LogP contribution in [0.15, 0.2) is 97.1 Å². The number of fused-ring (bicyclic) bond motifs is 2. The van der Waals surface area contributed by atoms with Crippen LogP contribution in [-0.4, -0.2) is 40.6 Å². The minimum Gasteiger partial charge on any atom is -0.465 e. The van der Waals surface area contributed by atoms with Gasteiger partial charge in [-0.3, -0.25) is 14.5 Å². The van der Waals surface area contributed by atoms with Crippen LogP contribution >= 0.6 is 23.2 Å². The number of aliphatic hydroxyl groups is 1. The van der Waals surface area contributed by atoms with E-state index in [1.165, 1.54) is 6.07 Å². The molecular weight excluding hydrogens is 650 g/mol. The quantitative estimate of drug-likeness (QED) is 0.181. The number of ether oxygens (including phenoxy) is 1. The lowest BCUT2D eigenvalue weighted by Crippen LogP contribution is -2.52. The molecule has 48 heavy (non-hydrogen) atoms. The van der Waals surface area contributed by atoms with Crippen molar-refractivity contribution in [2.45, 2.75) is 69.7 Å². The molecule has 0 radical (unpaired) electrons. The molecule has 2 aliphatic heterocycles. The zero-order valence-electron chi connectivity index (χ0n) is 27.3. The van der Waals surface area contributed by atoms with E-state index >= 15 is 4.39 Å². The van der Waals surface area contributed by atoms with E-state index in [9.17, 15) is 14.7 Å². The van der Waals surface area contributed by atoms with Crippen molar-refractivity contribution < 1.29 is 23.8 Å². The third-order valence-corrected chi connectivity index (χ3v) is 10.1. The highest BCUT2D eigenvalue weighted by atomic mass is 35.5. The number of aliphatic hydroxyl groups excluding tert-OH is 1. The lowest BCUT2D eigenvalue weighted by molar-refractivity contribution is -0.152. The first kappa shape index (κ1) is 34.1. The maximum atomic E-state index is 16.5. The van der Waals surface area contributed by atoms with E-state index in [1.807, 2.05) is 65.6 Å². The molecule has 1 saturated heterocycles. The number of carbonyl (C=O) groups is 2. The number of rotatable bonds is 8. The van der Waals surface area contributed by atoms with Gasteiger partial charge in [-0.15, -0.1) is 0 Å². The number of carbonyl (C=O) groups excluding carboxylic acids is 2. The molecule has 4 aromatic carbocycles. The van der Waals surface area contributed by atoms with Gasteiger partial charge in [0.05, 0.1) is 23.8 Å². The molecule has 4 aromatic rings. The highest BCUT2D eigenvalue weighted by Crippen LogP contribution is 2.63. The molecule has 2 aliphatic rings. The molecule has 0 aromatic heterocycles. The van der Waals surface area contributed by atoms with Gasteiger partial charge in [0, 0.05) is 22.7 Å². The first-order chi connectivity index (χ1) is 22.9. The number of nitrogens with zero attached hydrogens (tertiary/aromatic N) is 1. The van der Waals surface area contributed by atoms with Crippen LogP contribution in [0.2, 0.25) is 10.0 Å². The molecule has 9 heteroatoms. The van der Waals surface area contributed by atoms with Crippen molar-refractivity contribution >= 4 is 40.8 Å². The van der Waals surface area contributed by atoms with Gasteiger partial charge in [-0.25, -0.2) is 4.39 Å². The van der Waals surface area contributed by atoms with Crippen molar-refractivity contribution in [3.05, 3.63) is 135 Å². The number of benzene rings is 4. The number of esters is 1. The van der Waals surface area contributed by atoms with Gasteiger partial charge in [-0.05, 0) is 59.2 Å². The van der Waals surface area contributed by atoms with E-state index in [0.717, 1.165) is 5.56 Å². The zero-order valence-corrected chi connectivity index (χ0v) is 28.8. The number of amides is 1. The van der Waals surface area contributed by atoms with E-state index in [-0.39, 0.29) is 17.2 Å². The Morgan fingerprint density at radius 2 is 1.62 bits per heavy atom. The molecule has 0 aliphatic carbocycles. The number of nitrogens with one attached hydrogen (secondary N) is 1. The van der Waals surface area contributed by atoms with Crippen LogP contribution in [0.3, 0.4) is 0 Å². The van der Waals surface area contributed by atoms with Gasteiger partial charge in [-0.2, -0.15) is 0 Å². The molecule has 2 N–H and O–H groups in total. The molecule has 1 amide bonds. The fraction of sp³-hybridized carbons (Fsp3) is 0.333. The normalized spacial score (nSPS) is 23.5. The first-order valence-corrected chi connectivity index (χ1v) is 16.9. The van der Waals surface area contributed by atoms with Crippen molar-refractivity contribution in [3.63, 3.8) is 0 Å². The molecule has 0 bridgehead atoms. The summed E-state index contributed by atoms with van der Waals surface area (Å²) in [6.07, 6.45) is -0.760. The Bertz CT molecular complexity index is 1820. The van der Waals surface area contributed by atoms with Crippen molar-refractivity contribution in [2.24, 2.45) is 5.41 Å². The molecule has 6 atom stereocenters. The van der Waals surface area contributed by atoms with E-state index in [4.69, 9.17) is 27.9 Å². The maximum Gasteiger partial charge on any atom is 0.324 e. The Morgan fingerprint density at radius 1 is 0.979 bits per heavy atom. The Hall–Kier alpha value is -3.75. The predicted octanol–water partition coefficient (Wildman–Crippen LogP) is 8.63. The van der Waals surface area contributed by atoms with Gasteiger partial charge in [0.1, 0.15) is 17.3 Å². The number of halogens is 3. The molecule has 6 rings (SSSR count). The Labute approximate surface area is 290 Å². The lowest BCUT2D eigenvalue weighted by atomic mass is 9.62. The summed E-state index contributed by atoms with van der Waals surface area (Å²) in [5.41, 5.74) is 0.611. The topological polar surface area (TPSA) is 78.9 Å². The number of hydrogen-bond donors (Lipinski definition) is 2. The summed E-state index contributed by atoms with van der Waals surface area (Å²) >= 11 is 12.9. The second-order valence-corrected chi connectivity index (χ2v) is 14.6. The average Bonchev–Trinajstić information content (AvgIpc) is 3.49. The minimum absolute atomic E-state index is 0.0560. The first-order valence-electron chi connectivity index (χ1n) is 16.2. The Kier molecular flexibility index (Phi) is 9.44. The second kappa shape index (κ2) is 13.3. The zero-order chi connectivity index (χ0) is 34.4. The Balaban J connectivity index is 1.75. The summed E-state index contributed by atoms with van der Waals surface area (Å²) in [4.78, 5) is 31.5. The van der Waals surface area contributed by atoms with Crippen molar-refractivity contribution in [1.82, 2.24) is 4.90 Å². The van der Waals surface area contributed by atoms with Gasteiger partial charge in [-0.1, -0.05) is 123 Å². The summed E-state index contributed by atoms with van der Waals surface area (Å²) in [6.45, 7) is 7.95. The Morgan fingerprint density at radius 3 is 2.25 bits per heavy atom. The van der Waals surface area contributed by atoms with E-state index in [1.54, 1.807) is 37.3 Å².